The Morgan fingerprint density at radius 3 is 2.79 bits per heavy atom. The fourth-order valence-corrected chi connectivity index (χ4v) is 4.42. The third-order valence-electron chi connectivity index (χ3n) is 5.56. The van der Waals surface area contributed by atoms with E-state index in [1.807, 2.05) is 24.3 Å². The fraction of sp³-hybridized carbons (Fsp3) is 0.286. The lowest BCUT2D eigenvalue weighted by Crippen LogP contribution is -2.32. The van der Waals surface area contributed by atoms with E-state index in [4.69, 9.17) is 11.6 Å². The molecule has 144 valence electrons. The van der Waals surface area contributed by atoms with Gasteiger partial charge in [0.1, 0.15) is 5.02 Å². The van der Waals surface area contributed by atoms with Crippen molar-refractivity contribution in [3.8, 4) is 0 Å². The third-order valence-corrected chi connectivity index (χ3v) is 5.88. The Labute approximate surface area is 167 Å². The molecular weight excluding hydrogens is 378 g/mol. The molecule has 1 aliphatic carbocycles. The second-order valence-electron chi connectivity index (χ2n) is 7.41. The number of hydrogen-bond acceptors (Lipinski definition) is 4. The molecule has 3 atom stereocenters. The van der Waals surface area contributed by atoms with Gasteiger partial charge >= 0.3 is 0 Å². The summed E-state index contributed by atoms with van der Waals surface area (Å²) in [4.78, 5) is 25.1. The number of carbonyl (C=O) groups excluding carboxylic acids is 1. The summed E-state index contributed by atoms with van der Waals surface area (Å²) < 4.78 is 0. The highest BCUT2D eigenvalue weighted by molar-refractivity contribution is 6.32. The van der Waals surface area contributed by atoms with Gasteiger partial charge in [-0.3, -0.25) is 14.9 Å². The molecule has 0 spiro atoms. The highest BCUT2D eigenvalue weighted by Gasteiger charge is 2.39. The molecule has 0 aromatic heterocycles. The van der Waals surface area contributed by atoms with Gasteiger partial charge in [-0.15, -0.1) is 0 Å². The van der Waals surface area contributed by atoms with E-state index in [9.17, 15) is 14.9 Å². The minimum atomic E-state index is -0.464. The summed E-state index contributed by atoms with van der Waals surface area (Å²) in [5.41, 5.74) is 3.19. The molecule has 1 amide bonds. The number of nitrogens with zero attached hydrogens (tertiary/aromatic N) is 2. The van der Waals surface area contributed by atoms with Crippen LogP contribution in [0.1, 0.15) is 39.9 Å². The van der Waals surface area contributed by atoms with E-state index >= 15 is 0 Å². The van der Waals surface area contributed by atoms with Gasteiger partial charge in [0.25, 0.3) is 11.6 Å². The van der Waals surface area contributed by atoms with Crippen molar-refractivity contribution in [2.45, 2.75) is 18.4 Å². The average Bonchev–Trinajstić information content (AvgIpc) is 3.16. The standard InChI is InChI=1S/C21H20ClN3O3/c1-24(2)21(26)16-8-4-7-15-13-5-3-6-14(13)19(23-20(15)16)12-9-10-17(22)18(11-12)25(27)28/h3-5,7-11,13-14,19,23H,6H2,1-2H3. The van der Waals surface area contributed by atoms with Crippen LogP contribution in [0.5, 0.6) is 0 Å². The Bertz CT molecular complexity index is 1000. The van der Waals surface area contributed by atoms with Crippen LogP contribution < -0.4 is 5.32 Å². The minimum Gasteiger partial charge on any atom is -0.377 e. The van der Waals surface area contributed by atoms with Crippen LogP contribution in [0.3, 0.4) is 0 Å². The van der Waals surface area contributed by atoms with Crippen molar-refractivity contribution >= 4 is 28.9 Å². The van der Waals surface area contributed by atoms with E-state index in [1.165, 1.54) is 6.07 Å². The van der Waals surface area contributed by atoms with Crippen LogP contribution in [0.15, 0.2) is 48.6 Å². The number of nitro benzene ring substituents is 1. The van der Waals surface area contributed by atoms with Crippen molar-refractivity contribution < 1.29 is 9.72 Å². The van der Waals surface area contributed by atoms with Crippen molar-refractivity contribution in [3.05, 3.63) is 80.4 Å². The molecule has 1 aliphatic heterocycles. The number of nitrogens with one attached hydrogen (secondary N) is 1. The van der Waals surface area contributed by atoms with Crippen LogP contribution in [0.4, 0.5) is 11.4 Å². The predicted octanol–water partition coefficient (Wildman–Crippen LogP) is 4.78. The molecule has 1 heterocycles. The molecule has 2 aliphatic rings. The van der Waals surface area contributed by atoms with Gasteiger partial charge in [0.2, 0.25) is 0 Å². The van der Waals surface area contributed by atoms with E-state index in [-0.39, 0.29) is 34.5 Å². The Morgan fingerprint density at radius 1 is 1.29 bits per heavy atom. The number of rotatable bonds is 3. The zero-order chi connectivity index (χ0) is 20.0. The summed E-state index contributed by atoms with van der Waals surface area (Å²) in [6.45, 7) is 0. The quantitative estimate of drug-likeness (QED) is 0.459. The summed E-state index contributed by atoms with van der Waals surface area (Å²) >= 11 is 6.00. The molecule has 2 aromatic carbocycles. The number of para-hydroxylation sites is 1. The van der Waals surface area contributed by atoms with Crippen LogP contribution in [-0.2, 0) is 0 Å². The molecule has 1 N–H and O–H groups in total. The Kier molecular flexibility index (Phi) is 4.59. The molecule has 6 nitrogen and oxygen atoms in total. The van der Waals surface area contributed by atoms with Crippen molar-refractivity contribution in [2.75, 3.05) is 19.4 Å². The predicted molar refractivity (Wildman–Crippen MR) is 109 cm³/mol. The SMILES string of the molecule is CN(C)C(=O)c1cccc2c1NC(c1ccc(Cl)c([N+](=O)[O-])c1)C1CC=CC21. The van der Waals surface area contributed by atoms with Gasteiger partial charge in [0.15, 0.2) is 0 Å². The fourth-order valence-electron chi connectivity index (χ4n) is 4.23. The lowest BCUT2D eigenvalue weighted by Gasteiger charge is -2.38. The maximum absolute atomic E-state index is 12.7. The second-order valence-corrected chi connectivity index (χ2v) is 7.82. The molecule has 28 heavy (non-hydrogen) atoms. The Hall–Kier alpha value is -2.86. The van der Waals surface area contributed by atoms with Crippen LogP contribution in [0, 0.1) is 16.0 Å². The molecule has 0 radical (unpaired) electrons. The number of amides is 1. The Balaban J connectivity index is 1.83. The van der Waals surface area contributed by atoms with Gasteiger partial charge < -0.3 is 10.2 Å². The van der Waals surface area contributed by atoms with Gasteiger partial charge in [0.05, 0.1) is 22.2 Å². The first-order chi connectivity index (χ1) is 13.4. The number of allylic oxidation sites excluding steroid dienone is 2. The number of anilines is 1. The lowest BCUT2D eigenvalue weighted by molar-refractivity contribution is -0.384. The molecule has 4 rings (SSSR count). The highest BCUT2D eigenvalue weighted by Crippen LogP contribution is 2.51. The molecule has 2 aromatic rings. The van der Waals surface area contributed by atoms with E-state index in [2.05, 4.69) is 17.5 Å². The van der Waals surface area contributed by atoms with Crippen LogP contribution in [0.2, 0.25) is 5.02 Å². The second kappa shape index (κ2) is 6.95. The van der Waals surface area contributed by atoms with Crippen molar-refractivity contribution in [3.63, 3.8) is 0 Å². The molecular formula is C21H20ClN3O3. The van der Waals surface area contributed by atoms with Crippen molar-refractivity contribution in [1.82, 2.24) is 4.90 Å². The first-order valence-electron chi connectivity index (χ1n) is 9.10. The summed E-state index contributed by atoms with van der Waals surface area (Å²) in [6, 6.07) is 10.5. The van der Waals surface area contributed by atoms with E-state index in [0.717, 1.165) is 23.2 Å². The summed E-state index contributed by atoms with van der Waals surface area (Å²) in [5.74, 6) is 0.300. The first kappa shape index (κ1) is 18.5. The molecule has 0 saturated heterocycles. The summed E-state index contributed by atoms with van der Waals surface area (Å²) in [5, 5.41) is 15.0. The zero-order valence-electron chi connectivity index (χ0n) is 15.6. The number of nitro groups is 1. The number of halogens is 1. The van der Waals surface area contributed by atoms with Gasteiger partial charge in [-0.25, -0.2) is 0 Å². The van der Waals surface area contributed by atoms with Crippen molar-refractivity contribution in [1.29, 1.82) is 0 Å². The van der Waals surface area contributed by atoms with E-state index in [0.29, 0.717) is 5.56 Å². The number of fused-ring (bicyclic) bond motifs is 3. The third kappa shape index (κ3) is 2.94. The van der Waals surface area contributed by atoms with Gasteiger partial charge in [-0.1, -0.05) is 42.0 Å². The van der Waals surface area contributed by atoms with Gasteiger partial charge in [-0.05, 0) is 35.6 Å². The summed E-state index contributed by atoms with van der Waals surface area (Å²) in [6.07, 6.45) is 5.18. The van der Waals surface area contributed by atoms with E-state index in [1.54, 1.807) is 25.1 Å². The molecule has 0 bridgehead atoms. The Morgan fingerprint density at radius 2 is 2.07 bits per heavy atom. The minimum absolute atomic E-state index is 0.0781. The highest BCUT2D eigenvalue weighted by atomic mass is 35.5. The monoisotopic (exact) mass is 397 g/mol. The topological polar surface area (TPSA) is 75.5 Å². The average molecular weight is 398 g/mol. The number of carbonyl (C=O) groups is 1. The first-order valence-corrected chi connectivity index (χ1v) is 9.48. The number of hydrogen-bond donors (Lipinski definition) is 1. The van der Waals surface area contributed by atoms with Crippen molar-refractivity contribution in [2.24, 2.45) is 5.92 Å². The van der Waals surface area contributed by atoms with Crippen LogP contribution in [0.25, 0.3) is 0 Å². The lowest BCUT2D eigenvalue weighted by atomic mass is 9.76. The van der Waals surface area contributed by atoms with E-state index < -0.39 is 4.92 Å². The zero-order valence-corrected chi connectivity index (χ0v) is 16.3. The molecule has 7 heteroatoms. The largest absolute Gasteiger partial charge is 0.377 e. The molecule has 3 unspecified atom stereocenters. The maximum Gasteiger partial charge on any atom is 0.288 e. The number of benzene rings is 2. The van der Waals surface area contributed by atoms with Gasteiger partial charge in [-0.2, -0.15) is 0 Å². The normalized spacial score (nSPS) is 22.2. The smallest absolute Gasteiger partial charge is 0.288 e. The molecule has 0 fully saturated rings. The molecule has 0 saturated carbocycles. The maximum atomic E-state index is 12.7. The van der Waals surface area contributed by atoms with Crippen LogP contribution in [-0.4, -0.2) is 29.8 Å². The van der Waals surface area contributed by atoms with Gasteiger partial charge in [0, 0.05) is 26.1 Å². The summed E-state index contributed by atoms with van der Waals surface area (Å²) in [7, 11) is 3.45. The van der Waals surface area contributed by atoms with Crippen LogP contribution >= 0.6 is 11.6 Å².